The number of hydrogen-bond acceptors (Lipinski definition) is 15. The number of hydrogen-bond donors (Lipinski definition) is 4. The summed E-state index contributed by atoms with van der Waals surface area (Å²) in [6.45, 7) is 7.10. The molecule has 3 atom stereocenters. The highest BCUT2D eigenvalue weighted by Gasteiger charge is 2.49. The molecule has 0 unspecified atom stereocenters. The van der Waals surface area contributed by atoms with Crippen molar-refractivity contribution < 1.29 is 14.0 Å². The van der Waals surface area contributed by atoms with Gasteiger partial charge in [0.1, 0.15) is 17.2 Å². The van der Waals surface area contributed by atoms with E-state index in [1.165, 1.54) is 21.2 Å². The minimum atomic E-state index is -0.458. The van der Waals surface area contributed by atoms with Crippen LogP contribution in [-0.4, -0.2) is 76.7 Å². The molecular formula is C36H47N11O3S. The van der Waals surface area contributed by atoms with Crippen molar-refractivity contribution in [1.82, 2.24) is 25.0 Å². The van der Waals surface area contributed by atoms with Crippen LogP contribution in [0.4, 0.5) is 10.8 Å². The van der Waals surface area contributed by atoms with E-state index >= 15 is 0 Å². The molecule has 8 N–H and O–H groups in total. The fourth-order valence-electron chi connectivity index (χ4n) is 8.23. The summed E-state index contributed by atoms with van der Waals surface area (Å²) in [5, 5.41) is 16.8. The van der Waals surface area contributed by atoms with Crippen molar-refractivity contribution in [2.45, 2.75) is 82.8 Å². The number of nitrogen functional groups attached to an aromatic ring is 1. The lowest BCUT2D eigenvalue weighted by Crippen LogP contribution is -2.49. The first-order valence-electron chi connectivity index (χ1n) is 17.6. The monoisotopic (exact) mass is 713 g/mol. The standard InChI is InChI=1S/C36H47N11O3S/c1-21(26-8-6-14-46(26)3)49-29-15-28(42-13-10-24(38)25(39)17-47(41)18-35(2)19-48-20-35)43-34(44-29)31-22-7-4-11-36(32(22)50-45-31)12-5-9-27-30(36)23(16-37)33(40)51-27/h10,13,15,17,21,26H,4-9,11-12,14,18-20,38-41H2,1-3H3/b24-10-,25-17-,42-13+/t21-,26-,36-/m0/s1. The SMILES string of the molecule is C[C@H](Oc1cc(/N=C/C=C(N)/C(N)=C/N(N)CC2(C)COC2)nc(-c2noc3c2CCC[C@@]32CCCc3sc(N)c(C#N)c32)n1)[C@@H]1CCCN1C. The molecule has 2 aliphatic heterocycles. The van der Waals surface area contributed by atoms with E-state index in [-0.39, 0.29) is 17.6 Å². The van der Waals surface area contributed by atoms with Gasteiger partial charge in [0.15, 0.2) is 23.1 Å². The molecule has 15 heteroatoms. The molecule has 5 heterocycles. The molecule has 2 aliphatic carbocycles. The molecule has 3 aromatic rings. The maximum Gasteiger partial charge on any atom is 0.219 e. The highest BCUT2D eigenvalue weighted by atomic mass is 32.1. The number of aromatic nitrogens is 3. The maximum absolute atomic E-state index is 10.1. The quantitative estimate of drug-likeness (QED) is 0.101. The van der Waals surface area contributed by atoms with Crippen LogP contribution < -0.4 is 27.8 Å². The molecule has 0 aromatic carbocycles. The Morgan fingerprint density at radius 3 is 2.73 bits per heavy atom. The molecule has 0 radical (unpaired) electrons. The largest absolute Gasteiger partial charge is 0.473 e. The van der Waals surface area contributed by atoms with E-state index in [1.54, 1.807) is 24.6 Å². The van der Waals surface area contributed by atoms with Crippen molar-refractivity contribution in [1.29, 1.82) is 5.26 Å². The van der Waals surface area contributed by atoms with Gasteiger partial charge in [-0.3, -0.25) is 4.90 Å². The molecule has 270 valence electrons. The van der Waals surface area contributed by atoms with Crippen LogP contribution in [0.25, 0.3) is 11.5 Å². The minimum absolute atomic E-state index is 0.0128. The van der Waals surface area contributed by atoms with Gasteiger partial charge in [-0.05, 0) is 83.5 Å². The fraction of sp³-hybridized carbons (Fsp3) is 0.528. The zero-order chi connectivity index (χ0) is 35.9. The lowest BCUT2D eigenvalue weighted by Gasteiger charge is -2.40. The maximum atomic E-state index is 10.1. The summed E-state index contributed by atoms with van der Waals surface area (Å²) in [5.41, 5.74) is 22.1. The lowest BCUT2D eigenvalue weighted by atomic mass is 9.63. The van der Waals surface area contributed by atoms with Crippen LogP contribution in [0, 0.1) is 16.7 Å². The Balaban J connectivity index is 1.21. The number of fused-ring (bicyclic) bond motifs is 4. The summed E-state index contributed by atoms with van der Waals surface area (Å²) in [4.78, 5) is 17.8. The van der Waals surface area contributed by atoms with Crippen molar-refractivity contribution in [3.8, 4) is 23.5 Å². The molecule has 0 bridgehead atoms. The van der Waals surface area contributed by atoms with Crippen LogP contribution in [0.1, 0.15) is 79.7 Å². The highest BCUT2D eigenvalue weighted by molar-refractivity contribution is 7.16. The van der Waals surface area contributed by atoms with Crippen molar-refractivity contribution in [2.24, 2.45) is 27.7 Å². The number of nitriles is 1. The van der Waals surface area contributed by atoms with E-state index in [9.17, 15) is 5.26 Å². The molecular weight excluding hydrogens is 667 g/mol. The number of nitrogens with zero attached hydrogens (tertiary/aromatic N) is 7. The molecule has 0 amide bonds. The first kappa shape index (κ1) is 34.9. The molecule has 2 fully saturated rings. The Morgan fingerprint density at radius 2 is 2.02 bits per heavy atom. The van der Waals surface area contributed by atoms with Crippen LogP contribution in [0.2, 0.25) is 0 Å². The predicted octanol–water partition coefficient (Wildman–Crippen LogP) is 4.02. The van der Waals surface area contributed by atoms with Crippen LogP contribution >= 0.6 is 11.3 Å². The number of likely N-dealkylation sites (N-methyl/N-ethyl adjacent to an activating group) is 1. The van der Waals surface area contributed by atoms with Crippen LogP contribution in [-0.2, 0) is 23.0 Å². The fourth-order valence-corrected chi connectivity index (χ4v) is 9.39. The number of thiophene rings is 1. The van der Waals surface area contributed by atoms with E-state index in [0.717, 1.165) is 74.8 Å². The van der Waals surface area contributed by atoms with Gasteiger partial charge in [-0.15, -0.1) is 11.3 Å². The van der Waals surface area contributed by atoms with E-state index in [0.29, 0.717) is 64.9 Å². The number of ether oxygens (including phenoxy) is 2. The van der Waals surface area contributed by atoms with Crippen molar-refractivity contribution in [3.63, 3.8) is 0 Å². The minimum Gasteiger partial charge on any atom is -0.473 e. The van der Waals surface area contributed by atoms with Gasteiger partial charge in [0, 0.05) is 46.9 Å². The third-order valence-corrected chi connectivity index (χ3v) is 11.8. The molecule has 2 saturated heterocycles. The zero-order valence-corrected chi connectivity index (χ0v) is 30.3. The highest BCUT2D eigenvalue weighted by Crippen LogP contribution is 2.55. The van der Waals surface area contributed by atoms with Crippen LogP contribution in [0.15, 0.2) is 39.3 Å². The zero-order valence-electron chi connectivity index (χ0n) is 29.5. The molecule has 1 spiro atoms. The van der Waals surface area contributed by atoms with Gasteiger partial charge in [0.2, 0.25) is 5.88 Å². The second-order valence-electron chi connectivity index (χ2n) is 14.7. The van der Waals surface area contributed by atoms with Crippen molar-refractivity contribution in [2.75, 3.05) is 39.1 Å². The molecule has 4 aliphatic rings. The summed E-state index contributed by atoms with van der Waals surface area (Å²) >= 11 is 1.52. The second kappa shape index (κ2) is 13.9. The number of rotatable bonds is 10. The van der Waals surface area contributed by atoms with E-state index in [2.05, 4.69) is 42.0 Å². The van der Waals surface area contributed by atoms with E-state index in [1.807, 2.05) is 0 Å². The molecule has 7 rings (SSSR count). The number of aliphatic imine (C=N–C) groups is 1. The van der Waals surface area contributed by atoms with Gasteiger partial charge in [0.05, 0.1) is 35.6 Å². The van der Waals surface area contributed by atoms with E-state index in [4.69, 9.17) is 47.0 Å². The molecule has 3 aromatic heterocycles. The first-order valence-corrected chi connectivity index (χ1v) is 18.5. The van der Waals surface area contributed by atoms with E-state index < -0.39 is 5.41 Å². The van der Waals surface area contributed by atoms with Gasteiger partial charge < -0.3 is 36.2 Å². The third kappa shape index (κ3) is 6.69. The molecule has 51 heavy (non-hydrogen) atoms. The summed E-state index contributed by atoms with van der Waals surface area (Å²) in [6.07, 6.45) is 12.1. The van der Waals surface area contributed by atoms with Gasteiger partial charge in [-0.25, -0.2) is 15.8 Å². The smallest absolute Gasteiger partial charge is 0.219 e. The molecule has 0 saturated carbocycles. The number of hydrazine groups is 1. The second-order valence-corrected chi connectivity index (χ2v) is 15.9. The first-order chi connectivity index (χ1) is 24.5. The van der Waals surface area contributed by atoms with Gasteiger partial charge >= 0.3 is 0 Å². The Bertz CT molecular complexity index is 1920. The third-order valence-electron chi connectivity index (χ3n) is 10.8. The number of nitrogens with two attached hydrogens (primary N) is 4. The van der Waals surface area contributed by atoms with Crippen LogP contribution in [0.3, 0.4) is 0 Å². The summed E-state index contributed by atoms with van der Waals surface area (Å²) in [5.74, 6) is 8.07. The summed E-state index contributed by atoms with van der Waals surface area (Å²) < 4.78 is 18.0. The lowest BCUT2D eigenvalue weighted by molar-refractivity contribution is -0.110. The normalized spacial score (nSPS) is 23.9. The van der Waals surface area contributed by atoms with Gasteiger partial charge in [-0.1, -0.05) is 12.1 Å². The molecule has 14 nitrogen and oxygen atoms in total. The Kier molecular flexibility index (Phi) is 9.53. The predicted molar refractivity (Wildman–Crippen MR) is 196 cm³/mol. The average molecular weight is 714 g/mol. The van der Waals surface area contributed by atoms with Crippen molar-refractivity contribution >= 4 is 28.4 Å². The number of allylic oxidation sites excluding steroid dienone is 1. The Hall–Kier alpha value is -4.49. The number of anilines is 1. The Labute approximate surface area is 302 Å². The van der Waals surface area contributed by atoms with Gasteiger partial charge in [-0.2, -0.15) is 10.2 Å². The van der Waals surface area contributed by atoms with Gasteiger partial charge in [0.25, 0.3) is 0 Å². The number of aryl methyl sites for hydroxylation is 1. The summed E-state index contributed by atoms with van der Waals surface area (Å²) in [7, 11) is 2.12. The Morgan fingerprint density at radius 1 is 1.24 bits per heavy atom. The average Bonchev–Trinajstić information content (AvgIpc) is 3.81. The van der Waals surface area contributed by atoms with Crippen molar-refractivity contribution in [3.05, 3.63) is 57.1 Å². The van der Waals surface area contributed by atoms with Crippen LogP contribution in [0.5, 0.6) is 5.88 Å². The number of likely N-dealkylation sites (tertiary alicyclic amines) is 1. The topological polar surface area (TPSA) is 217 Å². The summed E-state index contributed by atoms with van der Waals surface area (Å²) in [6, 6.07) is 4.37.